The number of carboxylic acids is 2. The maximum atomic E-state index is 12.9. The number of nitrogens with two attached hydrogens (primary N) is 1. The number of hydrogen-bond donors (Lipinski definition) is 7. The predicted molar refractivity (Wildman–Crippen MR) is 130 cm³/mol. The first-order chi connectivity index (χ1) is 16.7. The third kappa shape index (κ3) is 8.30. The molecule has 2 aromatic rings. The Hall–Kier alpha value is -3.58. The van der Waals surface area contributed by atoms with E-state index >= 15 is 0 Å². The van der Waals surface area contributed by atoms with Crippen LogP contribution in [0.25, 0.3) is 10.9 Å². The second kappa shape index (κ2) is 13.3. The van der Waals surface area contributed by atoms with E-state index in [1.165, 1.54) is 11.8 Å². The number of thioether (sulfide) groups is 1. The number of aliphatic carboxylic acids is 2. The summed E-state index contributed by atoms with van der Waals surface area (Å²) in [4.78, 5) is 63.5. The summed E-state index contributed by atoms with van der Waals surface area (Å²) in [6, 6.07) is 3.27. The van der Waals surface area contributed by atoms with Crippen LogP contribution in [0, 0.1) is 0 Å². The van der Waals surface area contributed by atoms with Crippen LogP contribution in [0.3, 0.4) is 0 Å². The van der Waals surface area contributed by atoms with Crippen LogP contribution < -0.4 is 21.7 Å². The summed E-state index contributed by atoms with van der Waals surface area (Å²) in [7, 11) is 0. The Morgan fingerprint density at radius 2 is 1.66 bits per heavy atom. The van der Waals surface area contributed by atoms with Crippen molar-refractivity contribution in [3.8, 4) is 0 Å². The molecular weight excluding hydrogens is 478 g/mol. The quantitative estimate of drug-likeness (QED) is 0.175. The van der Waals surface area contributed by atoms with Crippen LogP contribution >= 0.6 is 11.8 Å². The standard InChI is InChI=1S/C22H29N5O7S/c1-35-7-6-15(25-18(28)10-23)20(31)26-16(9-19(29)30)21(32)27-17(22(33)34)8-12-11-24-14-5-3-2-4-13(12)14/h2-5,11,15-17,24H,6-10,23H2,1H3,(H,25,28)(H,26,31)(H,27,32)(H,29,30)(H,33,34). The topological polar surface area (TPSA) is 204 Å². The van der Waals surface area contributed by atoms with Crippen LogP contribution in [-0.4, -0.2) is 81.5 Å². The fourth-order valence-electron chi connectivity index (χ4n) is 3.41. The Morgan fingerprint density at radius 1 is 1.00 bits per heavy atom. The lowest BCUT2D eigenvalue weighted by Gasteiger charge is -2.23. The van der Waals surface area contributed by atoms with E-state index in [4.69, 9.17) is 5.73 Å². The Morgan fingerprint density at radius 3 is 2.29 bits per heavy atom. The number of carbonyl (C=O) groups excluding carboxylic acids is 3. The summed E-state index contributed by atoms with van der Waals surface area (Å²) >= 11 is 1.43. The zero-order valence-corrected chi connectivity index (χ0v) is 19.9. The van der Waals surface area contributed by atoms with E-state index in [9.17, 15) is 34.2 Å². The Bertz CT molecular complexity index is 1070. The number of carbonyl (C=O) groups is 5. The van der Waals surface area contributed by atoms with E-state index in [2.05, 4.69) is 20.9 Å². The van der Waals surface area contributed by atoms with Crippen molar-refractivity contribution in [3.05, 3.63) is 36.0 Å². The molecule has 0 saturated heterocycles. The third-order valence-corrected chi connectivity index (χ3v) is 5.82. The van der Waals surface area contributed by atoms with Gasteiger partial charge in [-0.15, -0.1) is 0 Å². The molecule has 1 aromatic carbocycles. The minimum atomic E-state index is -1.56. The smallest absolute Gasteiger partial charge is 0.326 e. The van der Waals surface area contributed by atoms with Gasteiger partial charge < -0.3 is 36.9 Å². The minimum absolute atomic E-state index is 0.0677. The number of nitrogens with one attached hydrogen (secondary N) is 4. The number of amides is 3. The molecule has 3 unspecified atom stereocenters. The molecule has 0 fully saturated rings. The van der Waals surface area contributed by atoms with Crippen molar-refractivity contribution in [2.45, 2.75) is 37.4 Å². The molecule has 190 valence electrons. The van der Waals surface area contributed by atoms with Crippen molar-refractivity contribution in [2.75, 3.05) is 18.6 Å². The fourth-order valence-corrected chi connectivity index (χ4v) is 3.88. The SMILES string of the molecule is CSCCC(NC(=O)CN)C(=O)NC(CC(=O)O)C(=O)NC(Cc1c[nH]c2ccccc12)C(=O)O. The zero-order valence-electron chi connectivity index (χ0n) is 19.1. The molecule has 13 heteroatoms. The first kappa shape index (κ1) is 27.7. The molecule has 0 aliphatic rings. The number of carboxylic acid groups (broad SMARTS) is 2. The number of rotatable bonds is 14. The largest absolute Gasteiger partial charge is 0.481 e. The van der Waals surface area contributed by atoms with Crippen LogP contribution in [0.1, 0.15) is 18.4 Å². The van der Waals surface area contributed by atoms with Gasteiger partial charge in [-0.2, -0.15) is 11.8 Å². The monoisotopic (exact) mass is 507 g/mol. The molecule has 0 spiro atoms. The van der Waals surface area contributed by atoms with Crippen LogP contribution in [-0.2, 0) is 30.4 Å². The summed E-state index contributed by atoms with van der Waals surface area (Å²) < 4.78 is 0. The van der Waals surface area contributed by atoms with Crippen LogP contribution in [0.2, 0.25) is 0 Å². The molecule has 0 saturated carbocycles. The molecule has 1 aromatic heterocycles. The van der Waals surface area contributed by atoms with Crippen LogP contribution in [0.4, 0.5) is 0 Å². The normalized spacial score (nSPS) is 13.4. The Kier molecular flexibility index (Phi) is 10.5. The third-order valence-electron chi connectivity index (χ3n) is 5.17. The molecular formula is C22H29N5O7S. The molecule has 0 radical (unpaired) electrons. The lowest BCUT2D eigenvalue weighted by molar-refractivity contribution is -0.143. The van der Waals surface area contributed by atoms with Crippen molar-refractivity contribution in [1.29, 1.82) is 0 Å². The molecule has 0 aliphatic heterocycles. The van der Waals surface area contributed by atoms with E-state index in [-0.39, 0.29) is 19.4 Å². The molecule has 1 heterocycles. The van der Waals surface area contributed by atoms with Gasteiger partial charge in [-0.05, 0) is 30.1 Å². The van der Waals surface area contributed by atoms with E-state index in [1.807, 2.05) is 12.1 Å². The van der Waals surface area contributed by atoms with E-state index in [0.29, 0.717) is 11.3 Å². The highest BCUT2D eigenvalue weighted by atomic mass is 32.2. The van der Waals surface area contributed by atoms with E-state index in [1.54, 1.807) is 24.6 Å². The first-order valence-corrected chi connectivity index (χ1v) is 12.1. The van der Waals surface area contributed by atoms with E-state index < -0.39 is 54.2 Å². The Balaban J connectivity index is 2.16. The number of aromatic nitrogens is 1. The zero-order chi connectivity index (χ0) is 26.0. The summed E-state index contributed by atoms with van der Waals surface area (Å²) in [6.45, 7) is -0.351. The van der Waals surface area contributed by atoms with Gasteiger partial charge in [0.1, 0.15) is 18.1 Å². The van der Waals surface area contributed by atoms with Crippen LogP contribution in [0.5, 0.6) is 0 Å². The van der Waals surface area contributed by atoms with E-state index in [0.717, 1.165) is 10.9 Å². The highest BCUT2D eigenvalue weighted by molar-refractivity contribution is 7.98. The molecule has 3 amide bonds. The van der Waals surface area contributed by atoms with Gasteiger partial charge in [0.05, 0.1) is 13.0 Å². The summed E-state index contributed by atoms with van der Waals surface area (Å²) in [5.74, 6) is -4.52. The lowest BCUT2D eigenvalue weighted by atomic mass is 10.0. The second-order valence-electron chi connectivity index (χ2n) is 7.73. The molecule has 2 rings (SSSR count). The average molecular weight is 508 g/mol. The second-order valence-corrected chi connectivity index (χ2v) is 8.71. The van der Waals surface area contributed by atoms with Crippen molar-refractivity contribution in [1.82, 2.24) is 20.9 Å². The molecule has 8 N–H and O–H groups in total. The Labute approximate surface area is 205 Å². The van der Waals surface area contributed by atoms with Gasteiger partial charge in [0.25, 0.3) is 0 Å². The van der Waals surface area contributed by atoms with Crippen molar-refractivity contribution < 1.29 is 34.2 Å². The van der Waals surface area contributed by atoms with Gasteiger partial charge >= 0.3 is 11.9 Å². The summed E-state index contributed by atoms with van der Waals surface area (Å²) in [5.41, 5.74) is 6.73. The number of H-pyrrole nitrogens is 1. The summed E-state index contributed by atoms with van der Waals surface area (Å²) in [5, 5.41) is 26.8. The van der Waals surface area contributed by atoms with Crippen molar-refractivity contribution in [2.24, 2.45) is 5.73 Å². The highest BCUT2D eigenvalue weighted by Crippen LogP contribution is 2.19. The minimum Gasteiger partial charge on any atom is -0.481 e. The molecule has 12 nitrogen and oxygen atoms in total. The van der Waals surface area contributed by atoms with Gasteiger partial charge in [-0.25, -0.2) is 4.79 Å². The van der Waals surface area contributed by atoms with Gasteiger partial charge in [0, 0.05) is 23.5 Å². The van der Waals surface area contributed by atoms with Gasteiger partial charge in [-0.1, -0.05) is 18.2 Å². The van der Waals surface area contributed by atoms with Crippen molar-refractivity contribution >= 4 is 52.3 Å². The molecule has 35 heavy (non-hydrogen) atoms. The maximum absolute atomic E-state index is 12.9. The highest BCUT2D eigenvalue weighted by Gasteiger charge is 2.31. The number of aromatic amines is 1. The predicted octanol–water partition coefficient (Wildman–Crippen LogP) is -0.564. The van der Waals surface area contributed by atoms with Gasteiger partial charge in [0.15, 0.2) is 0 Å². The van der Waals surface area contributed by atoms with Crippen molar-refractivity contribution in [3.63, 3.8) is 0 Å². The number of para-hydroxylation sites is 1. The molecule has 0 bridgehead atoms. The molecule has 0 aliphatic carbocycles. The van der Waals surface area contributed by atoms with Crippen LogP contribution in [0.15, 0.2) is 30.5 Å². The number of hydrogen-bond acceptors (Lipinski definition) is 7. The molecule has 3 atom stereocenters. The number of benzene rings is 1. The van der Waals surface area contributed by atoms with Gasteiger partial charge in [0.2, 0.25) is 17.7 Å². The maximum Gasteiger partial charge on any atom is 0.326 e. The first-order valence-electron chi connectivity index (χ1n) is 10.7. The van der Waals surface area contributed by atoms with Gasteiger partial charge in [-0.3, -0.25) is 19.2 Å². The average Bonchev–Trinajstić information content (AvgIpc) is 3.22. The lowest BCUT2D eigenvalue weighted by Crippen LogP contribution is -2.57. The fraction of sp³-hybridized carbons (Fsp3) is 0.409. The number of fused-ring (bicyclic) bond motifs is 1. The summed E-state index contributed by atoms with van der Waals surface area (Å²) in [6.07, 6.45) is 2.82.